The number of furan rings is 1. The third kappa shape index (κ3) is 2.85. The molecule has 4 nitrogen and oxygen atoms in total. The van der Waals surface area contributed by atoms with Gasteiger partial charge < -0.3 is 8.83 Å². The molecule has 0 N–H and O–H groups in total. The van der Waals surface area contributed by atoms with Gasteiger partial charge in [-0.2, -0.15) is 0 Å². The van der Waals surface area contributed by atoms with Crippen molar-refractivity contribution in [2.75, 3.05) is 0 Å². The van der Waals surface area contributed by atoms with E-state index in [4.69, 9.17) is 8.83 Å². The third-order valence-electron chi connectivity index (χ3n) is 5.44. The van der Waals surface area contributed by atoms with Crippen LogP contribution >= 0.6 is 0 Å². The highest BCUT2D eigenvalue weighted by Gasteiger charge is 2.21. The van der Waals surface area contributed by atoms with E-state index in [0.29, 0.717) is 33.2 Å². The Kier molecular flexibility index (Phi) is 4.14. The first kappa shape index (κ1) is 18.1. The van der Waals surface area contributed by atoms with Gasteiger partial charge in [-0.3, -0.25) is 9.59 Å². The highest BCUT2D eigenvalue weighted by Crippen LogP contribution is 2.31. The van der Waals surface area contributed by atoms with E-state index < -0.39 is 0 Å². The molecule has 0 amide bonds. The van der Waals surface area contributed by atoms with E-state index in [9.17, 15) is 9.59 Å². The number of rotatable bonds is 3. The molecule has 3 aromatic carbocycles. The minimum Gasteiger partial charge on any atom is -0.463 e. The normalized spacial score (nSPS) is 11.3. The van der Waals surface area contributed by atoms with Gasteiger partial charge in [-0.1, -0.05) is 60.2 Å². The first-order valence-corrected chi connectivity index (χ1v) is 9.68. The quantitative estimate of drug-likeness (QED) is 0.349. The van der Waals surface area contributed by atoms with E-state index in [1.54, 1.807) is 24.3 Å². The Hall–Kier alpha value is -3.92. The van der Waals surface area contributed by atoms with Crippen molar-refractivity contribution in [2.45, 2.75) is 13.8 Å². The number of carbonyl (C=O) groups excluding carboxylic acids is 1. The predicted octanol–water partition coefficient (Wildman–Crippen LogP) is 6.05. The summed E-state index contributed by atoms with van der Waals surface area (Å²) in [6.07, 6.45) is 1.48. The fraction of sp³-hybridized carbons (Fsp3) is 0.0769. The van der Waals surface area contributed by atoms with Gasteiger partial charge in [-0.05, 0) is 25.5 Å². The van der Waals surface area contributed by atoms with Gasteiger partial charge in [-0.15, -0.1) is 0 Å². The number of aryl methyl sites for hydroxylation is 2. The molecule has 0 bridgehead atoms. The van der Waals surface area contributed by atoms with Gasteiger partial charge in [0.15, 0.2) is 5.76 Å². The molecule has 0 unspecified atom stereocenters. The molecule has 146 valence electrons. The molecule has 0 aliphatic heterocycles. The highest BCUT2D eigenvalue weighted by atomic mass is 16.3. The maximum absolute atomic E-state index is 13.2. The molecule has 2 aromatic heterocycles. The van der Waals surface area contributed by atoms with Gasteiger partial charge in [0.05, 0.1) is 10.9 Å². The van der Waals surface area contributed by atoms with Gasteiger partial charge in [0.25, 0.3) is 0 Å². The van der Waals surface area contributed by atoms with Crippen molar-refractivity contribution in [3.8, 4) is 11.1 Å². The van der Waals surface area contributed by atoms with E-state index in [2.05, 4.69) is 0 Å². The van der Waals surface area contributed by atoms with Crippen LogP contribution in [0, 0.1) is 13.8 Å². The summed E-state index contributed by atoms with van der Waals surface area (Å²) in [6.45, 7) is 3.83. The average molecular weight is 394 g/mol. The number of hydrogen-bond acceptors (Lipinski definition) is 4. The Morgan fingerprint density at radius 2 is 1.57 bits per heavy atom. The van der Waals surface area contributed by atoms with Gasteiger partial charge in [0.1, 0.15) is 17.4 Å². The van der Waals surface area contributed by atoms with Crippen LogP contribution in [0.2, 0.25) is 0 Å². The molecule has 4 heteroatoms. The Morgan fingerprint density at radius 1 is 0.833 bits per heavy atom. The van der Waals surface area contributed by atoms with Crippen LogP contribution in [0.25, 0.3) is 33.1 Å². The summed E-state index contributed by atoms with van der Waals surface area (Å²) in [4.78, 5) is 26.1. The van der Waals surface area contributed by atoms with Crippen LogP contribution in [0.4, 0.5) is 0 Å². The Bertz CT molecular complexity index is 1470. The monoisotopic (exact) mass is 394 g/mol. The minimum absolute atomic E-state index is 0.112. The minimum atomic E-state index is -0.187. The molecular weight excluding hydrogens is 376 g/mol. The van der Waals surface area contributed by atoms with E-state index in [1.807, 2.05) is 56.3 Å². The lowest BCUT2D eigenvalue weighted by Gasteiger charge is -2.03. The second kappa shape index (κ2) is 6.85. The van der Waals surface area contributed by atoms with Crippen molar-refractivity contribution in [3.63, 3.8) is 0 Å². The maximum Gasteiger partial charge on any atom is 0.228 e. The Morgan fingerprint density at radius 3 is 2.30 bits per heavy atom. The molecule has 0 saturated carbocycles. The molecule has 0 radical (unpaired) electrons. The fourth-order valence-electron chi connectivity index (χ4n) is 3.71. The molecule has 2 heterocycles. The Labute approximate surface area is 172 Å². The fourth-order valence-corrected chi connectivity index (χ4v) is 3.71. The molecule has 5 rings (SSSR count). The zero-order valence-corrected chi connectivity index (χ0v) is 16.6. The molecule has 5 aromatic rings. The zero-order chi connectivity index (χ0) is 20.8. The van der Waals surface area contributed by atoms with Crippen LogP contribution < -0.4 is 5.43 Å². The van der Waals surface area contributed by atoms with Gasteiger partial charge >= 0.3 is 0 Å². The second-order valence-electron chi connectivity index (χ2n) is 7.44. The van der Waals surface area contributed by atoms with Crippen molar-refractivity contribution in [3.05, 3.63) is 106 Å². The summed E-state index contributed by atoms with van der Waals surface area (Å²) in [6, 6.07) is 20.2. The summed E-state index contributed by atoms with van der Waals surface area (Å²) in [5, 5.41) is 1.19. The third-order valence-corrected chi connectivity index (χ3v) is 5.44. The van der Waals surface area contributed by atoms with E-state index in [1.165, 1.54) is 6.26 Å². The molecule has 30 heavy (non-hydrogen) atoms. The SMILES string of the molecule is Cc1ccc(-c2coc3cc4oc(C(=O)c5ccccc5)c(C)c4cc3c2=O)cc1. The predicted molar refractivity (Wildman–Crippen MR) is 117 cm³/mol. The van der Waals surface area contributed by atoms with Crippen molar-refractivity contribution in [2.24, 2.45) is 0 Å². The molecule has 0 aliphatic carbocycles. The number of fused-ring (bicyclic) bond motifs is 2. The standard InChI is InChI=1S/C26H18O4/c1-15-8-10-17(11-9-15)21-14-29-22-13-23-19(12-20(22)25(21)28)16(2)26(30-23)24(27)18-6-4-3-5-7-18/h3-14H,1-2H3. The van der Waals surface area contributed by atoms with Gasteiger partial charge in [-0.25, -0.2) is 0 Å². The Balaban J connectivity index is 1.69. The van der Waals surface area contributed by atoms with Crippen molar-refractivity contribution < 1.29 is 13.6 Å². The lowest BCUT2D eigenvalue weighted by molar-refractivity contribution is 0.101. The summed E-state index contributed by atoms with van der Waals surface area (Å²) in [5.74, 6) is 0.0886. The van der Waals surface area contributed by atoms with Crippen molar-refractivity contribution in [1.29, 1.82) is 0 Å². The smallest absolute Gasteiger partial charge is 0.228 e. The van der Waals surface area contributed by atoms with E-state index in [0.717, 1.165) is 16.5 Å². The van der Waals surface area contributed by atoms with Crippen LogP contribution in [0.1, 0.15) is 27.2 Å². The largest absolute Gasteiger partial charge is 0.463 e. The summed E-state index contributed by atoms with van der Waals surface area (Å²) in [5.41, 5.74) is 4.53. The lowest BCUT2D eigenvalue weighted by Crippen LogP contribution is -2.04. The topological polar surface area (TPSA) is 60.4 Å². The molecule has 0 fully saturated rings. The average Bonchev–Trinajstić information content (AvgIpc) is 3.09. The molecule has 0 spiro atoms. The van der Waals surface area contributed by atoms with Crippen LogP contribution in [-0.4, -0.2) is 5.78 Å². The molecule has 0 atom stereocenters. The summed E-state index contributed by atoms with van der Waals surface area (Å²) >= 11 is 0. The van der Waals surface area contributed by atoms with Crippen molar-refractivity contribution in [1.82, 2.24) is 0 Å². The first-order chi connectivity index (χ1) is 14.5. The van der Waals surface area contributed by atoms with Crippen molar-refractivity contribution >= 4 is 27.7 Å². The highest BCUT2D eigenvalue weighted by molar-refractivity contribution is 6.11. The van der Waals surface area contributed by atoms with Gasteiger partial charge in [0.2, 0.25) is 11.2 Å². The number of benzene rings is 3. The van der Waals surface area contributed by atoms with Crippen LogP contribution in [0.3, 0.4) is 0 Å². The molecule has 0 aliphatic rings. The number of carbonyl (C=O) groups is 1. The second-order valence-corrected chi connectivity index (χ2v) is 7.44. The molecular formula is C26H18O4. The summed E-state index contributed by atoms with van der Waals surface area (Å²) in [7, 11) is 0. The summed E-state index contributed by atoms with van der Waals surface area (Å²) < 4.78 is 11.6. The van der Waals surface area contributed by atoms with Gasteiger partial charge in [0, 0.05) is 22.6 Å². The zero-order valence-electron chi connectivity index (χ0n) is 16.6. The molecule has 0 saturated heterocycles. The van der Waals surface area contributed by atoms with E-state index in [-0.39, 0.29) is 17.0 Å². The number of hydrogen-bond donors (Lipinski definition) is 0. The van der Waals surface area contributed by atoms with Crippen LogP contribution in [0.5, 0.6) is 0 Å². The van der Waals surface area contributed by atoms with Crippen LogP contribution in [-0.2, 0) is 0 Å². The first-order valence-electron chi connectivity index (χ1n) is 9.68. The number of ketones is 1. The van der Waals surface area contributed by atoms with E-state index >= 15 is 0 Å². The van der Waals surface area contributed by atoms with Crippen LogP contribution in [0.15, 0.2) is 86.6 Å². The lowest BCUT2D eigenvalue weighted by atomic mass is 10.0. The maximum atomic E-state index is 13.2.